The Hall–Kier alpha value is -1.76. The third kappa shape index (κ3) is 3.35. The number of hydrogen-bond donors (Lipinski definition) is 1. The van der Waals surface area contributed by atoms with Gasteiger partial charge in [-0.05, 0) is 25.1 Å². The van der Waals surface area contributed by atoms with Crippen molar-refractivity contribution in [3.8, 4) is 0 Å². The predicted molar refractivity (Wildman–Crippen MR) is 78.9 cm³/mol. The Kier molecular flexibility index (Phi) is 4.95. The zero-order valence-corrected chi connectivity index (χ0v) is 12.7. The Morgan fingerprint density at radius 3 is 2.64 bits per heavy atom. The van der Waals surface area contributed by atoms with Gasteiger partial charge in [-0.25, -0.2) is 0 Å². The molecule has 2 rings (SSSR count). The molecule has 1 aromatic carbocycles. The lowest BCUT2D eigenvalue weighted by molar-refractivity contribution is -0.138. The molecule has 0 atom stereocenters. The Balaban J connectivity index is 2.32. The van der Waals surface area contributed by atoms with Crippen molar-refractivity contribution in [1.82, 2.24) is 10.2 Å². The van der Waals surface area contributed by atoms with Crippen LogP contribution >= 0.6 is 0 Å². The van der Waals surface area contributed by atoms with Gasteiger partial charge in [-0.3, -0.25) is 4.79 Å². The summed E-state index contributed by atoms with van der Waals surface area (Å²) in [6, 6.07) is 3.89. The molecular weight excluding hydrogens is 295 g/mol. The number of halogens is 3. The molecule has 122 valence electrons. The molecule has 0 aromatic heterocycles. The molecule has 1 amide bonds. The SMILES string of the molecule is CCCNCCN1CN(C)C(=O)c2c1cccc2C(F)(F)F. The van der Waals surface area contributed by atoms with E-state index in [4.69, 9.17) is 0 Å². The Morgan fingerprint density at radius 2 is 2.00 bits per heavy atom. The van der Waals surface area contributed by atoms with Gasteiger partial charge in [0.25, 0.3) is 5.91 Å². The number of nitrogens with one attached hydrogen (secondary N) is 1. The molecule has 0 unspecified atom stereocenters. The van der Waals surface area contributed by atoms with Crippen molar-refractivity contribution >= 4 is 11.6 Å². The minimum absolute atomic E-state index is 0.251. The van der Waals surface area contributed by atoms with Gasteiger partial charge in [0.1, 0.15) is 0 Å². The highest BCUT2D eigenvalue weighted by Gasteiger charge is 2.39. The van der Waals surface area contributed by atoms with E-state index in [2.05, 4.69) is 5.32 Å². The lowest BCUT2D eigenvalue weighted by Crippen LogP contribution is -2.47. The van der Waals surface area contributed by atoms with Crippen molar-refractivity contribution in [3.63, 3.8) is 0 Å². The first-order chi connectivity index (χ1) is 10.4. The molecule has 1 aliphatic rings. The number of rotatable bonds is 5. The smallest absolute Gasteiger partial charge is 0.352 e. The van der Waals surface area contributed by atoms with Crippen LogP contribution in [0.2, 0.25) is 0 Å². The van der Waals surface area contributed by atoms with E-state index in [0.717, 1.165) is 19.0 Å². The van der Waals surface area contributed by atoms with Crippen molar-refractivity contribution in [2.45, 2.75) is 19.5 Å². The van der Waals surface area contributed by atoms with E-state index < -0.39 is 17.6 Å². The summed E-state index contributed by atoms with van der Waals surface area (Å²) in [6.07, 6.45) is -3.54. The molecule has 22 heavy (non-hydrogen) atoms. The lowest BCUT2D eigenvalue weighted by atomic mass is 10.0. The highest BCUT2D eigenvalue weighted by Crippen LogP contribution is 2.38. The van der Waals surface area contributed by atoms with Gasteiger partial charge in [0.05, 0.1) is 23.5 Å². The summed E-state index contributed by atoms with van der Waals surface area (Å²) in [6.45, 7) is 4.40. The molecule has 4 nitrogen and oxygen atoms in total. The van der Waals surface area contributed by atoms with E-state index in [1.807, 2.05) is 6.92 Å². The fraction of sp³-hybridized carbons (Fsp3) is 0.533. The minimum atomic E-state index is -4.54. The Morgan fingerprint density at radius 1 is 1.27 bits per heavy atom. The van der Waals surface area contributed by atoms with Crippen molar-refractivity contribution in [1.29, 1.82) is 0 Å². The number of alkyl halides is 3. The number of fused-ring (bicyclic) bond motifs is 1. The highest BCUT2D eigenvalue weighted by molar-refractivity contribution is 6.03. The van der Waals surface area contributed by atoms with Crippen LogP contribution in [0.5, 0.6) is 0 Å². The van der Waals surface area contributed by atoms with Crippen LogP contribution in [-0.4, -0.2) is 44.2 Å². The first-order valence-corrected chi connectivity index (χ1v) is 7.27. The van der Waals surface area contributed by atoms with Crippen LogP contribution in [0.3, 0.4) is 0 Å². The molecule has 0 radical (unpaired) electrons. The van der Waals surface area contributed by atoms with E-state index in [1.54, 1.807) is 11.0 Å². The zero-order chi connectivity index (χ0) is 16.3. The van der Waals surface area contributed by atoms with Gasteiger partial charge in [0.15, 0.2) is 0 Å². The fourth-order valence-corrected chi connectivity index (χ4v) is 2.56. The van der Waals surface area contributed by atoms with Crippen LogP contribution in [-0.2, 0) is 6.18 Å². The molecule has 0 fully saturated rings. The van der Waals surface area contributed by atoms with Crippen molar-refractivity contribution in [3.05, 3.63) is 29.3 Å². The summed E-state index contributed by atoms with van der Waals surface area (Å²) >= 11 is 0. The lowest BCUT2D eigenvalue weighted by Gasteiger charge is -2.37. The van der Waals surface area contributed by atoms with E-state index in [-0.39, 0.29) is 5.56 Å². The molecule has 0 saturated heterocycles. The minimum Gasteiger partial charge on any atom is -0.352 e. The van der Waals surface area contributed by atoms with E-state index in [1.165, 1.54) is 18.0 Å². The molecule has 7 heteroatoms. The summed E-state index contributed by atoms with van der Waals surface area (Å²) in [7, 11) is 1.52. The standard InChI is InChI=1S/C15H20F3N3O/c1-3-7-19-8-9-21-10-20(2)14(22)13-11(15(16,17)18)5-4-6-12(13)21/h4-6,19H,3,7-10H2,1-2H3. The quantitative estimate of drug-likeness (QED) is 0.848. The molecule has 1 aliphatic heterocycles. The summed E-state index contributed by atoms with van der Waals surface area (Å²) in [5.74, 6) is -0.583. The second-order valence-electron chi connectivity index (χ2n) is 5.36. The first-order valence-electron chi connectivity index (χ1n) is 7.27. The van der Waals surface area contributed by atoms with Gasteiger partial charge in [0.2, 0.25) is 0 Å². The molecule has 0 bridgehead atoms. The predicted octanol–water partition coefficient (Wildman–Crippen LogP) is 2.55. The van der Waals surface area contributed by atoms with Crippen LogP contribution in [0.15, 0.2) is 18.2 Å². The molecule has 1 aromatic rings. The third-order valence-electron chi connectivity index (χ3n) is 3.62. The summed E-state index contributed by atoms with van der Waals surface area (Å²) in [4.78, 5) is 15.3. The van der Waals surface area contributed by atoms with Crippen LogP contribution in [0.25, 0.3) is 0 Å². The zero-order valence-electron chi connectivity index (χ0n) is 12.7. The first kappa shape index (κ1) is 16.6. The molecule has 0 saturated carbocycles. The normalized spacial score (nSPS) is 15.2. The van der Waals surface area contributed by atoms with E-state index in [9.17, 15) is 18.0 Å². The molecule has 0 spiro atoms. The maximum absolute atomic E-state index is 13.2. The van der Waals surface area contributed by atoms with Crippen molar-refractivity contribution < 1.29 is 18.0 Å². The van der Waals surface area contributed by atoms with E-state index in [0.29, 0.717) is 25.4 Å². The Bertz CT molecular complexity index is 545. The molecule has 0 aliphatic carbocycles. The maximum Gasteiger partial charge on any atom is 0.417 e. The summed E-state index contributed by atoms with van der Waals surface area (Å²) in [5.41, 5.74) is -0.761. The van der Waals surface area contributed by atoms with Crippen molar-refractivity contribution in [2.75, 3.05) is 38.3 Å². The number of carbonyl (C=O) groups excluding carboxylic acids is 1. The fourth-order valence-electron chi connectivity index (χ4n) is 2.56. The van der Waals surface area contributed by atoms with Crippen LogP contribution in [0.4, 0.5) is 18.9 Å². The van der Waals surface area contributed by atoms with Gasteiger partial charge in [0, 0.05) is 20.1 Å². The monoisotopic (exact) mass is 315 g/mol. The average molecular weight is 315 g/mol. The topological polar surface area (TPSA) is 35.6 Å². The summed E-state index contributed by atoms with van der Waals surface area (Å²) in [5, 5.41) is 3.22. The van der Waals surface area contributed by atoms with E-state index >= 15 is 0 Å². The van der Waals surface area contributed by atoms with Crippen LogP contribution < -0.4 is 10.2 Å². The van der Waals surface area contributed by atoms with Gasteiger partial charge in [-0.2, -0.15) is 13.2 Å². The molecule has 1 N–H and O–H groups in total. The average Bonchev–Trinajstić information content (AvgIpc) is 2.47. The third-order valence-corrected chi connectivity index (χ3v) is 3.62. The number of nitrogens with zero attached hydrogens (tertiary/aromatic N) is 2. The number of amides is 1. The van der Waals surface area contributed by atoms with Gasteiger partial charge in [-0.15, -0.1) is 0 Å². The number of benzene rings is 1. The van der Waals surface area contributed by atoms with Gasteiger partial charge >= 0.3 is 6.18 Å². The number of anilines is 1. The van der Waals surface area contributed by atoms with Crippen molar-refractivity contribution in [2.24, 2.45) is 0 Å². The summed E-state index contributed by atoms with van der Waals surface area (Å²) < 4.78 is 39.5. The van der Waals surface area contributed by atoms with Gasteiger partial charge in [-0.1, -0.05) is 13.0 Å². The van der Waals surface area contributed by atoms with Crippen LogP contribution in [0.1, 0.15) is 29.3 Å². The largest absolute Gasteiger partial charge is 0.417 e. The maximum atomic E-state index is 13.2. The second-order valence-corrected chi connectivity index (χ2v) is 5.36. The Labute approximate surface area is 127 Å². The second kappa shape index (κ2) is 6.56. The number of carbonyl (C=O) groups is 1. The highest BCUT2D eigenvalue weighted by atomic mass is 19.4. The molecular formula is C15H20F3N3O. The molecule has 1 heterocycles. The van der Waals surface area contributed by atoms with Gasteiger partial charge < -0.3 is 15.1 Å². The van der Waals surface area contributed by atoms with Crippen LogP contribution in [0, 0.1) is 0 Å². The number of hydrogen-bond acceptors (Lipinski definition) is 3.